The van der Waals surface area contributed by atoms with E-state index in [1.165, 1.54) is 6.20 Å². The predicted molar refractivity (Wildman–Crippen MR) is 90.0 cm³/mol. The Morgan fingerprint density at radius 1 is 1.25 bits per heavy atom. The van der Waals surface area contributed by atoms with Crippen LogP contribution in [0.4, 0.5) is 0 Å². The van der Waals surface area contributed by atoms with Gasteiger partial charge in [-0.1, -0.05) is 12.1 Å². The van der Waals surface area contributed by atoms with Crippen molar-refractivity contribution >= 4 is 5.91 Å². The smallest absolute Gasteiger partial charge is 0.252 e. The molecule has 0 aliphatic rings. The first-order chi connectivity index (χ1) is 11.6. The molecule has 1 heterocycles. The molecule has 2 aromatic rings. The number of aliphatic hydroxyl groups excluding tert-OH is 1. The van der Waals surface area contributed by atoms with Crippen LogP contribution in [0.2, 0.25) is 0 Å². The van der Waals surface area contributed by atoms with Crippen molar-refractivity contribution in [2.45, 2.75) is 19.6 Å². The van der Waals surface area contributed by atoms with Gasteiger partial charge in [0.25, 0.3) is 5.91 Å². The Kier molecular flexibility index (Phi) is 6.72. The van der Waals surface area contributed by atoms with E-state index >= 15 is 0 Å². The zero-order valence-electron chi connectivity index (χ0n) is 13.9. The summed E-state index contributed by atoms with van der Waals surface area (Å²) in [5, 5.41) is 12.5. The highest BCUT2D eigenvalue weighted by Gasteiger charge is 2.09. The van der Waals surface area contributed by atoms with Crippen LogP contribution in [0.1, 0.15) is 21.6 Å². The molecule has 2 rings (SSSR count). The fourth-order valence-electron chi connectivity index (χ4n) is 2.01. The minimum atomic E-state index is -0.773. The highest BCUT2D eigenvalue weighted by molar-refractivity contribution is 5.93. The number of nitrogens with one attached hydrogen (secondary N) is 1. The highest BCUT2D eigenvalue weighted by Crippen LogP contribution is 2.11. The molecular weight excluding hydrogens is 308 g/mol. The average Bonchev–Trinajstić information content (AvgIpc) is 2.61. The Balaban J connectivity index is 1.68. The number of aromatic nitrogens is 1. The number of benzene rings is 1. The summed E-state index contributed by atoms with van der Waals surface area (Å²) in [6.45, 7) is 2.50. The van der Waals surface area contributed by atoms with Gasteiger partial charge in [0, 0.05) is 18.4 Å². The highest BCUT2D eigenvalue weighted by atomic mass is 16.5. The van der Waals surface area contributed by atoms with E-state index in [0.717, 1.165) is 17.0 Å². The molecule has 0 saturated carbocycles. The number of hydrogen-bond acceptors (Lipinski definition) is 5. The molecular formula is C18H22N2O4. The molecule has 6 heteroatoms. The molecule has 1 amide bonds. The number of aryl methyl sites for hydroxylation is 1. The van der Waals surface area contributed by atoms with Crippen molar-refractivity contribution in [1.82, 2.24) is 10.3 Å². The largest absolute Gasteiger partial charge is 0.497 e. The summed E-state index contributed by atoms with van der Waals surface area (Å²) in [5.74, 6) is 0.517. The maximum Gasteiger partial charge on any atom is 0.252 e. The predicted octanol–water partition coefficient (Wildman–Crippen LogP) is 1.71. The van der Waals surface area contributed by atoms with Gasteiger partial charge < -0.3 is 19.9 Å². The third kappa shape index (κ3) is 5.64. The van der Waals surface area contributed by atoms with Gasteiger partial charge in [0.15, 0.2) is 0 Å². The fourth-order valence-corrected chi connectivity index (χ4v) is 2.01. The minimum absolute atomic E-state index is 0.120. The maximum absolute atomic E-state index is 11.9. The lowest BCUT2D eigenvalue weighted by Crippen LogP contribution is -2.34. The summed E-state index contributed by atoms with van der Waals surface area (Å²) < 4.78 is 10.5. The lowest BCUT2D eigenvalue weighted by Gasteiger charge is -2.12. The molecule has 24 heavy (non-hydrogen) atoms. The number of aliphatic hydroxyl groups is 1. The van der Waals surface area contributed by atoms with E-state index in [-0.39, 0.29) is 19.1 Å². The summed E-state index contributed by atoms with van der Waals surface area (Å²) >= 11 is 0. The van der Waals surface area contributed by atoms with Crippen LogP contribution in [0, 0.1) is 6.92 Å². The van der Waals surface area contributed by atoms with Crippen molar-refractivity contribution in [1.29, 1.82) is 0 Å². The Hall–Kier alpha value is -2.44. The number of carbonyl (C=O) groups is 1. The molecule has 2 N–H and O–H groups in total. The molecule has 0 unspecified atom stereocenters. The van der Waals surface area contributed by atoms with Gasteiger partial charge in [0.05, 0.1) is 32.0 Å². The van der Waals surface area contributed by atoms with Gasteiger partial charge in [-0.2, -0.15) is 0 Å². The van der Waals surface area contributed by atoms with Gasteiger partial charge in [-0.3, -0.25) is 9.78 Å². The van der Waals surface area contributed by atoms with Crippen LogP contribution in [-0.4, -0.2) is 42.4 Å². The minimum Gasteiger partial charge on any atom is -0.497 e. The number of rotatable bonds is 8. The molecule has 1 atom stereocenters. The van der Waals surface area contributed by atoms with Crippen molar-refractivity contribution < 1.29 is 19.4 Å². The van der Waals surface area contributed by atoms with E-state index in [9.17, 15) is 9.90 Å². The van der Waals surface area contributed by atoms with Crippen LogP contribution < -0.4 is 10.1 Å². The van der Waals surface area contributed by atoms with E-state index in [4.69, 9.17) is 9.47 Å². The third-order valence-corrected chi connectivity index (χ3v) is 3.41. The topological polar surface area (TPSA) is 80.7 Å². The van der Waals surface area contributed by atoms with Crippen LogP contribution in [0.5, 0.6) is 5.75 Å². The van der Waals surface area contributed by atoms with E-state index in [1.807, 2.05) is 31.2 Å². The summed E-state index contributed by atoms with van der Waals surface area (Å²) in [6, 6.07) is 11.0. The molecule has 0 aliphatic heterocycles. The van der Waals surface area contributed by atoms with Crippen LogP contribution >= 0.6 is 0 Å². The Bertz CT molecular complexity index is 641. The molecule has 0 radical (unpaired) electrons. The van der Waals surface area contributed by atoms with Gasteiger partial charge >= 0.3 is 0 Å². The molecule has 6 nitrogen and oxygen atoms in total. The standard InChI is InChI=1S/C18H22N2O4/c1-13-3-6-15(9-19-13)18(22)20-10-16(21)12-24-11-14-4-7-17(23-2)8-5-14/h3-9,16,21H,10-12H2,1-2H3,(H,20,22)/t16-/m0/s1. The van der Waals surface area contributed by atoms with Crippen LogP contribution in [0.3, 0.4) is 0 Å². The van der Waals surface area contributed by atoms with Crippen LogP contribution in [0.25, 0.3) is 0 Å². The van der Waals surface area contributed by atoms with Crippen LogP contribution in [0.15, 0.2) is 42.6 Å². The molecule has 0 fully saturated rings. The molecule has 0 aliphatic carbocycles. The Morgan fingerprint density at radius 3 is 2.62 bits per heavy atom. The van der Waals surface area contributed by atoms with Crippen molar-refractivity contribution in [2.75, 3.05) is 20.3 Å². The maximum atomic E-state index is 11.9. The molecule has 0 saturated heterocycles. The second-order valence-corrected chi connectivity index (χ2v) is 5.42. The van der Waals surface area contributed by atoms with Gasteiger partial charge in [-0.15, -0.1) is 0 Å². The number of methoxy groups -OCH3 is 1. The number of ether oxygens (including phenoxy) is 2. The van der Waals surface area contributed by atoms with Crippen LogP contribution in [-0.2, 0) is 11.3 Å². The van der Waals surface area contributed by atoms with Gasteiger partial charge in [-0.05, 0) is 36.8 Å². The Morgan fingerprint density at radius 2 is 2.00 bits per heavy atom. The zero-order valence-corrected chi connectivity index (χ0v) is 13.9. The van der Waals surface area contributed by atoms with Gasteiger partial charge in [-0.25, -0.2) is 0 Å². The second-order valence-electron chi connectivity index (χ2n) is 5.42. The number of amides is 1. The zero-order chi connectivity index (χ0) is 17.4. The molecule has 0 spiro atoms. The van der Waals surface area contributed by atoms with E-state index in [0.29, 0.717) is 12.2 Å². The number of hydrogen-bond donors (Lipinski definition) is 2. The second kappa shape index (κ2) is 9.00. The van der Waals surface area contributed by atoms with E-state index in [2.05, 4.69) is 10.3 Å². The normalized spacial score (nSPS) is 11.8. The molecule has 1 aromatic heterocycles. The monoisotopic (exact) mass is 330 g/mol. The average molecular weight is 330 g/mol. The quantitative estimate of drug-likeness (QED) is 0.770. The summed E-state index contributed by atoms with van der Waals surface area (Å²) in [7, 11) is 1.61. The SMILES string of the molecule is COc1ccc(COC[C@@H](O)CNC(=O)c2ccc(C)nc2)cc1. The first kappa shape index (κ1) is 17.9. The first-order valence-corrected chi connectivity index (χ1v) is 7.68. The first-order valence-electron chi connectivity index (χ1n) is 7.68. The van der Waals surface area contributed by atoms with E-state index in [1.54, 1.807) is 19.2 Å². The van der Waals surface area contributed by atoms with Gasteiger partial charge in [0.2, 0.25) is 0 Å². The molecule has 0 bridgehead atoms. The Labute approximate surface area is 141 Å². The molecule has 128 valence electrons. The summed E-state index contributed by atoms with van der Waals surface area (Å²) in [6.07, 6.45) is 0.739. The van der Waals surface area contributed by atoms with E-state index < -0.39 is 6.10 Å². The number of nitrogens with zero attached hydrogens (tertiary/aromatic N) is 1. The lowest BCUT2D eigenvalue weighted by atomic mass is 10.2. The lowest BCUT2D eigenvalue weighted by molar-refractivity contribution is 0.0285. The summed E-state index contributed by atoms with van der Waals surface area (Å²) in [5.41, 5.74) is 2.29. The number of carbonyl (C=O) groups excluding carboxylic acids is 1. The fraction of sp³-hybridized carbons (Fsp3) is 0.333. The summed E-state index contributed by atoms with van der Waals surface area (Å²) in [4.78, 5) is 16.0. The number of pyridine rings is 1. The van der Waals surface area contributed by atoms with Crippen molar-refractivity contribution in [3.05, 3.63) is 59.4 Å². The van der Waals surface area contributed by atoms with Crippen molar-refractivity contribution in [2.24, 2.45) is 0 Å². The van der Waals surface area contributed by atoms with Crippen molar-refractivity contribution in [3.8, 4) is 5.75 Å². The van der Waals surface area contributed by atoms with Gasteiger partial charge in [0.1, 0.15) is 5.75 Å². The molecule has 1 aromatic carbocycles. The van der Waals surface area contributed by atoms with Crippen molar-refractivity contribution in [3.63, 3.8) is 0 Å². The third-order valence-electron chi connectivity index (χ3n) is 3.41.